The van der Waals surface area contributed by atoms with Crippen LogP contribution in [-0.4, -0.2) is 31.9 Å². The molecule has 0 aromatic heterocycles. The zero-order chi connectivity index (χ0) is 19.0. The molecule has 0 aliphatic carbocycles. The predicted molar refractivity (Wildman–Crippen MR) is 93.0 cm³/mol. The molecule has 0 radical (unpaired) electrons. The summed E-state index contributed by atoms with van der Waals surface area (Å²) in [6.07, 6.45) is 0. The van der Waals surface area contributed by atoms with E-state index >= 15 is 0 Å². The van der Waals surface area contributed by atoms with E-state index in [2.05, 4.69) is 0 Å². The average Bonchev–Trinajstić information content (AvgIpc) is 2.53. The number of ketones is 1. The molecule has 6 nitrogen and oxygen atoms in total. The van der Waals surface area contributed by atoms with Crippen LogP contribution in [0.15, 0.2) is 58.3 Å². The van der Waals surface area contributed by atoms with Crippen molar-refractivity contribution in [2.24, 2.45) is 0 Å². The minimum Gasteiger partial charge on any atom is -0.292 e. The number of aryl methyl sites for hydroxylation is 1. The van der Waals surface area contributed by atoms with Gasteiger partial charge in [0.2, 0.25) is 0 Å². The van der Waals surface area contributed by atoms with Gasteiger partial charge in [0.15, 0.2) is 15.6 Å². The number of rotatable bonds is 5. The first-order valence-electron chi connectivity index (χ1n) is 7.31. The molecule has 0 spiro atoms. The van der Waals surface area contributed by atoms with Crippen molar-refractivity contribution in [2.75, 3.05) is 0 Å². The summed E-state index contributed by atoms with van der Waals surface area (Å²) >= 11 is 0. The molecule has 0 amide bonds. The van der Waals surface area contributed by atoms with Crippen molar-refractivity contribution in [1.82, 2.24) is 0 Å². The van der Waals surface area contributed by atoms with E-state index in [1.807, 2.05) is 6.92 Å². The zero-order valence-electron chi connectivity index (χ0n) is 13.9. The number of carbonyl (C=O) groups excluding carboxylic acids is 1. The van der Waals surface area contributed by atoms with Crippen molar-refractivity contribution >= 4 is 25.7 Å². The summed E-state index contributed by atoms with van der Waals surface area (Å²) in [6.45, 7) is 4.44. The molecule has 0 fully saturated rings. The lowest BCUT2D eigenvalue weighted by atomic mass is 10.0. The lowest BCUT2D eigenvalue weighted by molar-refractivity contribution is 0.0953. The van der Waals surface area contributed by atoms with Crippen LogP contribution in [0.2, 0.25) is 0 Å². The molecule has 0 saturated heterocycles. The van der Waals surface area contributed by atoms with Gasteiger partial charge in [-0.1, -0.05) is 17.7 Å². The van der Waals surface area contributed by atoms with Crippen LogP contribution in [0.5, 0.6) is 0 Å². The largest absolute Gasteiger partial charge is 0.294 e. The van der Waals surface area contributed by atoms with Gasteiger partial charge in [0, 0.05) is 5.56 Å². The quantitative estimate of drug-likeness (QED) is 0.629. The van der Waals surface area contributed by atoms with Crippen molar-refractivity contribution in [3.8, 4) is 0 Å². The van der Waals surface area contributed by atoms with Gasteiger partial charge in [-0.25, -0.2) is 8.42 Å². The fourth-order valence-electron chi connectivity index (χ4n) is 2.26. The highest BCUT2D eigenvalue weighted by atomic mass is 32.2. The summed E-state index contributed by atoms with van der Waals surface area (Å²) in [5.74, 6) is -0.671. The van der Waals surface area contributed by atoms with Gasteiger partial charge in [0.05, 0.1) is 9.79 Å². The van der Waals surface area contributed by atoms with Crippen molar-refractivity contribution < 1.29 is 26.2 Å². The Kier molecular flexibility index (Phi) is 4.91. The molecule has 0 aliphatic rings. The van der Waals surface area contributed by atoms with Crippen LogP contribution in [0, 0.1) is 6.92 Å². The van der Waals surface area contributed by atoms with E-state index < -0.39 is 30.5 Å². The van der Waals surface area contributed by atoms with E-state index in [1.54, 1.807) is 12.1 Å². The van der Waals surface area contributed by atoms with Crippen LogP contribution in [-0.2, 0) is 20.0 Å². The van der Waals surface area contributed by atoms with Gasteiger partial charge in [-0.2, -0.15) is 8.42 Å². The Morgan fingerprint density at radius 3 is 1.72 bits per heavy atom. The zero-order valence-corrected chi connectivity index (χ0v) is 15.6. The van der Waals surface area contributed by atoms with Crippen molar-refractivity contribution in [1.29, 1.82) is 0 Å². The molecular weight excluding hydrogens is 364 g/mol. The molecule has 1 N–H and O–H groups in total. The van der Waals surface area contributed by atoms with Gasteiger partial charge in [-0.15, -0.1) is 0 Å². The Bertz CT molecular complexity index is 1000. The van der Waals surface area contributed by atoms with Gasteiger partial charge in [0.1, 0.15) is 4.75 Å². The Balaban J connectivity index is 2.44. The number of carbonyl (C=O) groups is 1. The standard InChI is InChI=1S/C17H18O6S2/c1-12-4-8-14(9-5-12)24(19,20)17(2,3)16(18)13-6-10-15(11-7-13)25(21,22)23/h4-11H,1-3H3,(H,21,22,23). The predicted octanol–water partition coefficient (Wildman–Crippen LogP) is 2.68. The smallest absolute Gasteiger partial charge is 0.292 e. The molecule has 0 heterocycles. The molecule has 2 rings (SSSR count). The Morgan fingerprint density at radius 2 is 1.28 bits per heavy atom. The number of hydrogen-bond donors (Lipinski definition) is 1. The summed E-state index contributed by atoms with van der Waals surface area (Å²) in [6, 6.07) is 10.6. The first kappa shape index (κ1) is 19.3. The number of sulfone groups is 1. The van der Waals surface area contributed by atoms with Crippen molar-refractivity contribution in [2.45, 2.75) is 35.3 Å². The maximum atomic E-state index is 12.8. The van der Waals surface area contributed by atoms with Crippen LogP contribution in [0.1, 0.15) is 29.8 Å². The van der Waals surface area contributed by atoms with Crippen LogP contribution in [0.3, 0.4) is 0 Å². The van der Waals surface area contributed by atoms with E-state index in [9.17, 15) is 21.6 Å². The molecule has 0 unspecified atom stereocenters. The molecule has 0 aliphatic heterocycles. The van der Waals surface area contributed by atoms with Gasteiger partial charge in [-0.3, -0.25) is 9.35 Å². The summed E-state index contributed by atoms with van der Waals surface area (Å²) in [5, 5.41) is 0. The Hall–Kier alpha value is -2.03. The number of Topliss-reactive ketones (excluding diaryl/α,β-unsaturated/α-hetero) is 1. The molecule has 25 heavy (non-hydrogen) atoms. The van der Waals surface area contributed by atoms with Crippen molar-refractivity contribution in [3.63, 3.8) is 0 Å². The lowest BCUT2D eigenvalue weighted by Crippen LogP contribution is -2.40. The third kappa shape index (κ3) is 3.65. The number of hydrogen-bond acceptors (Lipinski definition) is 5. The second-order valence-corrected chi connectivity index (χ2v) is 10.1. The van der Waals surface area contributed by atoms with E-state index in [1.165, 1.54) is 38.1 Å². The number of benzene rings is 2. The normalized spacial score (nSPS) is 12.8. The van der Waals surface area contributed by atoms with E-state index in [0.717, 1.165) is 17.7 Å². The third-order valence-electron chi connectivity index (χ3n) is 3.96. The minimum atomic E-state index is -4.39. The first-order valence-corrected chi connectivity index (χ1v) is 10.2. The molecular formula is C17H18O6S2. The highest BCUT2D eigenvalue weighted by molar-refractivity contribution is 7.93. The molecule has 2 aromatic rings. The fourth-order valence-corrected chi connectivity index (χ4v) is 4.19. The van der Waals surface area contributed by atoms with Gasteiger partial charge < -0.3 is 0 Å². The maximum Gasteiger partial charge on any atom is 0.294 e. The van der Waals surface area contributed by atoms with E-state index in [-0.39, 0.29) is 15.4 Å². The van der Waals surface area contributed by atoms with Gasteiger partial charge in [0.25, 0.3) is 10.1 Å². The average molecular weight is 382 g/mol. The second-order valence-electron chi connectivity index (χ2n) is 6.16. The molecule has 134 valence electrons. The third-order valence-corrected chi connectivity index (χ3v) is 7.25. The highest BCUT2D eigenvalue weighted by Gasteiger charge is 2.43. The van der Waals surface area contributed by atoms with Gasteiger partial charge in [-0.05, 0) is 57.2 Å². The molecule has 0 bridgehead atoms. The van der Waals surface area contributed by atoms with Crippen LogP contribution < -0.4 is 0 Å². The SMILES string of the molecule is Cc1ccc(S(=O)(=O)C(C)(C)C(=O)c2ccc(S(=O)(=O)O)cc2)cc1. The molecule has 0 saturated carbocycles. The summed E-state index contributed by atoms with van der Waals surface area (Å²) < 4.78 is 55.0. The maximum absolute atomic E-state index is 12.8. The van der Waals surface area contributed by atoms with Gasteiger partial charge >= 0.3 is 0 Å². The highest BCUT2D eigenvalue weighted by Crippen LogP contribution is 2.29. The first-order chi connectivity index (χ1) is 11.4. The molecule has 0 atom stereocenters. The fraction of sp³-hybridized carbons (Fsp3) is 0.235. The van der Waals surface area contributed by atoms with Crippen LogP contribution >= 0.6 is 0 Å². The van der Waals surface area contributed by atoms with Crippen LogP contribution in [0.4, 0.5) is 0 Å². The van der Waals surface area contributed by atoms with Crippen molar-refractivity contribution in [3.05, 3.63) is 59.7 Å². The van der Waals surface area contributed by atoms with E-state index in [0.29, 0.717) is 0 Å². The Morgan fingerprint density at radius 1 is 0.840 bits per heavy atom. The molecule has 8 heteroatoms. The van der Waals surface area contributed by atoms with Crippen LogP contribution in [0.25, 0.3) is 0 Å². The Labute approximate surface area is 147 Å². The summed E-state index contributed by atoms with van der Waals surface area (Å²) in [5.41, 5.74) is 0.928. The summed E-state index contributed by atoms with van der Waals surface area (Å²) in [4.78, 5) is 12.4. The lowest BCUT2D eigenvalue weighted by Gasteiger charge is -2.23. The monoisotopic (exact) mass is 382 g/mol. The topological polar surface area (TPSA) is 106 Å². The molecule has 2 aromatic carbocycles. The van der Waals surface area contributed by atoms with E-state index in [4.69, 9.17) is 4.55 Å². The second kappa shape index (κ2) is 6.36. The summed E-state index contributed by atoms with van der Waals surface area (Å²) in [7, 11) is -8.34. The minimum absolute atomic E-state index is 0.0333.